The molecule has 0 atom stereocenters. The van der Waals surface area contributed by atoms with Crippen molar-refractivity contribution < 1.29 is 19.1 Å². The van der Waals surface area contributed by atoms with E-state index in [0.717, 1.165) is 11.3 Å². The monoisotopic (exact) mass is 388 g/mol. The van der Waals surface area contributed by atoms with Crippen LogP contribution in [0.2, 0.25) is 5.02 Å². The van der Waals surface area contributed by atoms with Gasteiger partial charge in [-0.3, -0.25) is 9.59 Å². The van der Waals surface area contributed by atoms with Crippen molar-refractivity contribution in [2.75, 3.05) is 33.1 Å². The number of rotatable bonds is 7. The Kier molecular flexibility index (Phi) is 7.25. The molecule has 0 saturated heterocycles. The first kappa shape index (κ1) is 20.3. The summed E-state index contributed by atoms with van der Waals surface area (Å²) < 4.78 is 10.3. The van der Waals surface area contributed by atoms with Crippen LogP contribution < -0.4 is 14.8 Å². The second-order valence-electron chi connectivity index (χ2n) is 5.69. The molecule has 0 aromatic heterocycles. The lowest BCUT2D eigenvalue weighted by Crippen LogP contribution is -2.33. The fourth-order valence-electron chi connectivity index (χ4n) is 2.27. The zero-order valence-corrected chi connectivity index (χ0v) is 16.1. The maximum absolute atomic E-state index is 12.2. The highest BCUT2D eigenvalue weighted by molar-refractivity contribution is 6.31. The Bertz CT molecular complexity index is 834. The zero-order chi connectivity index (χ0) is 19.8. The number of benzene rings is 2. The Hall–Kier alpha value is -2.99. The molecule has 0 aliphatic carbocycles. The molecule has 0 unspecified atom stereocenters. The van der Waals surface area contributed by atoms with E-state index in [1.807, 2.05) is 12.1 Å². The Labute approximate surface area is 163 Å². The van der Waals surface area contributed by atoms with Crippen LogP contribution in [0.4, 0.5) is 5.69 Å². The summed E-state index contributed by atoms with van der Waals surface area (Å²) >= 11 is 5.94. The van der Waals surface area contributed by atoms with Crippen LogP contribution in [-0.4, -0.2) is 44.5 Å². The number of hydrogen-bond donors (Lipinski definition) is 1. The predicted molar refractivity (Wildman–Crippen MR) is 106 cm³/mol. The number of likely N-dealkylation sites (N-methyl/N-ethyl adjacent to an activating group) is 1. The minimum Gasteiger partial charge on any atom is -0.497 e. The van der Waals surface area contributed by atoms with Crippen molar-refractivity contribution in [3.8, 4) is 11.5 Å². The van der Waals surface area contributed by atoms with Gasteiger partial charge in [-0.2, -0.15) is 0 Å². The summed E-state index contributed by atoms with van der Waals surface area (Å²) in [5.74, 6) is 0.577. The first-order chi connectivity index (χ1) is 12.9. The van der Waals surface area contributed by atoms with Crippen LogP contribution in [0.5, 0.6) is 11.5 Å². The summed E-state index contributed by atoms with van der Waals surface area (Å²) in [4.78, 5) is 25.7. The van der Waals surface area contributed by atoms with E-state index in [-0.39, 0.29) is 18.4 Å². The summed E-state index contributed by atoms with van der Waals surface area (Å²) in [6.45, 7) is -0.110. The van der Waals surface area contributed by atoms with Crippen LogP contribution in [0.25, 0.3) is 6.08 Å². The number of carbonyl (C=O) groups excluding carboxylic acids is 2. The first-order valence-electron chi connectivity index (χ1n) is 8.13. The van der Waals surface area contributed by atoms with Gasteiger partial charge < -0.3 is 19.7 Å². The molecule has 0 fully saturated rings. The van der Waals surface area contributed by atoms with Crippen LogP contribution in [0, 0.1) is 0 Å². The molecule has 2 amide bonds. The van der Waals surface area contributed by atoms with Crippen molar-refractivity contribution in [3.63, 3.8) is 0 Å². The molecule has 1 N–H and O–H groups in total. The second-order valence-corrected chi connectivity index (χ2v) is 6.13. The molecule has 142 valence electrons. The number of halogens is 1. The Morgan fingerprint density at radius 2 is 1.81 bits per heavy atom. The van der Waals surface area contributed by atoms with Crippen LogP contribution >= 0.6 is 11.6 Å². The number of methoxy groups -OCH3 is 2. The zero-order valence-electron chi connectivity index (χ0n) is 15.4. The minimum atomic E-state index is -0.357. The average molecular weight is 389 g/mol. The third-order valence-electron chi connectivity index (χ3n) is 3.73. The van der Waals surface area contributed by atoms with Gasteiger partial charge in [-0.05, 0) is 42.0 Å². The summed E-state index contributed by atoms with van der Waals surface area (Å²) in [7, 11) is 4.64. The van der Waals surface area contributed by atoms with Crippen molar-refractivity contribution in [1.82, 2.24) is 4.90 Å². The lowest BCUT2D eigenvalue weighted by molar-refractivity contribution is -0.129. The Morgan fingerprint density at radius 3 is 2.44 bits per heavy atom. The molecular formula is C20H21ClN2O4. The number of nitrogens with zero attached hydrogens (tertiary/aromatic N) is 1. The van der Waals surface area contributed by atoms with Gasteiger partial charge >= 0.3 is 0 Å². The first-order valence-corrected chi connectivity index (χ1v) is 8.51. The highest BCUT2D eigenvalue weighted by atomic mass is 35.5. The van der Waals surface area contributed by atoms with Gasteiger partial charge in [0, 0.05) is 18.1 Å². The minimum absolute atomic E-state index is 0.110. The van der Waals surface area contributed by atoms with Gasteiger partial charge in [-0.15, -0.1) is 0 Å². The predicted octanol–water partition coefficient (Wildman–Crippen LogP) is 3.47. The summed E-state index contributed by atoms with van der Waals surface area (Å²) in [6, 6.07) is 12.2. The van der Waals surface area contributed by atoms with Crippen molar-refractivity contribution in [2.45, 2.75) is 0 Å². The van der Waals surface area contributed by atoms with Gasteiger partial charge in [0.05, 0.1) is 26.5 Å². The Morgan fingerprint density at radius 1 is 1.11 bits per heavy atom. The lowest BCUT2D eigenvalue weighted by Gasteiger charge is -2.16. The molecule has 2 aromatic carbocycles. The van der Waals surface area contributed by atoms with Gasteiger partial charge in [0.1, 0.15) is 11.5 Å². The molecule has 6 nitrogen and oxygen atoms in total. The SMILES string of the molecule is COc1ccc(/C=C/C(=O)N(C)CC(=O)Nc2cc(Cl)ccc2OC)cc1. The number of nitrogens with one attached hydrogen (secondary N) is 1. The molecule has 0 aliphatic heterocycles. The molecule has 27 heavy (non-hydrogen) atoms. The third kappa shape index (κ3) is 6.04. The van der Waals surface area contributed by atoms with Crippen molar-refractivity contribution in [1.29, 1.82) is 0 Å². The second kappa shape index (κ2) is 9.64. The Balaban J connectivity index is 1.94. The van der Waals surface area contributed by atoms with Crippen LogP contribution in [0.1, 0.15) is 5.56 Å². The van der Waals surface area contributed by atoms with E-state index in [1.54, 1.807) is 50.6 Å². The molecule has 2 rings (SSSR count). The lowest BCUT2D eigenvalue weighted by atomic mass is 10.2. The van der Waals surface area contributed by atoms with Crippen LogP contribution in [0.3, 0.4) is 0 Å². The van der Waals surface area contributed by atoms with Gasteiger partial charge in [-0.1, -0.05) is 23.7 Å². The maximum Gasteiger partial charge on any atom is 0.246 e. The number of amides is 2. The van der Waals surface area contributed by atoms with Crippen molar-refractivity contribution in [2.24, 2.45) is 0 Å². The van der Waals surface area contributed by atoms with E-state index in [9.17, 15) is 9.59 Å². The summed E-state index contributed by atoms with van der Waals surface area (Å²) in [5, 5.41) is 3.16. The fraction of sp³-hybridized carbons (Fsp3) is 0.200. The average Bonchev–Trinajstić information content (AvgIpc) is 2.66. The largest absolute Gasteiger partial charge is 0.497 e. The van der Waals surface area contributed by atoms with E-state index in [1.165, 1.54) is 18.1 Å². The third-order valence-corrected chi connectivity index (χ3v) is 3.96. The molecular weight excluding hydrogens is 368 g/mol. The molecule has 0 spiro atoms. The van der Waals surface area contributed by atoms with E-state index in [2.05, 4.69) is 5.32 Å². The molecule has 2 aromatic rings. The molecule has 7 heteroatoms. The number of anilines is 1. The van der Waals surface area contributed by atoms with E-state index >= 15 is 0 Å². The van der Waals surface area contributed by atoms with E-state index in [0.29, 0.717) is 16.5 Å². The van der Waals surface area contributed by atoms with Crippen LogP contribution in [0.15, 0.2) is 48.5 Å². The standard InChI is InChI=1S/C20H21ClN2O4/c1-23(20(25)11-6-14-4-8-16(26-2)9-5-14)13-19(24)22-17-12-15(21)7-10-18(17)27-3/h4-12H,13H2,1-3H3,(H,22,24)/b11-6+. The molecule has 0 bridgehead atoms. The summed E-state index contributed by atoms with van der Waals surface area (Å²) in [6.07, 6.45) is 3.09. The van der Waals surface area contributed by atoms with Crippen LogP contribution in [-0.2, 0) is 9.59 Å². The highest BCUT2D eigenvalue weighted by Crippen LogP contribution is 2.27. The number of hydrogen-bond acceptors (Lipinski definition) is 4. The van der Waals surface area contributed by atoms with Gasteiger partial charge in [0.15, 0.2) is 0 Å². The molecule has 0 radical (unpaired) electrons. The van der Waals surface area contributed by atoms with Gasteiger partial charge in [0.2, 0.25) is 11.8 Å². The summed E-state index contributed by atoms with van der Waals surface area (Å²) in [5.41, 5.74) is 1.30. The quantitative estimate of drug-likeness (QED) is 0.737. The topological polar surface area (TPSA) is 67.9 Å². The number of carbonyl (C=O) groups is 2. The molecule has 0 aliphatic rings. The van der Waals surface area contributed by atoms with Crippen molar-refractivity contribution in [3.05, 3.63) is 59.1 Å². The van der Waals surface area contributed by atoms with Crippen molar-refractivity contribution >= 4 is 35.2 Å². The number of ether oxygens (including phenoxy) is 2. The smallest absolute Gasteiger partial charge is 0.246 e. The normalized spacial score (nSPS) is 10.5. The van der Waals surface area contributed by atoms with Gasteiger partial charge in [-0.25, -0.2) is 0 Å². The van der Waals surface area contributed by atoms with E-state index in [4.69, 9.17) is 21.1 Å². The molecule has 0 heterocycles. The fourth-order valence-corrected chi connectivity index (χ4v) is 2.44. The highest BCUT2D eigenvalue weighted by Gasteiger charge is 2.13. The van der Waals surface area contributed by atoms with E-state index < -0.39 is 0 Å². The molecule has 0 saturated carbocycles. The maximum atomic E-state index is 12.2. The van der Waals surface area contributed by atoms with Gasteiger partial charge in [0.25, 0.3) is 0 Å².